The van der Waals surface area contributed by atoms with Crippen molar-refractivity contribution in [1.29, 1.82) is 0 Å². The quantitative estimate of drug-likeness (QED) is 0.496. The lowest BCUT2D eigenvalue weighted by Crippen LogP contribution is -2.53. The average molecular weight is 459 g/mol. The number of aromatic nitrogens is 1. The average Bonchev–Trinajstić information content (AvgIpc) is 3.27. The van der Waals surface area contributed by atoms with Crippen LogP contribution in [0.3, 0.4) is 0 Å². The summed E-state index contributed by atoms with van der Waals surface area (Å²) in [5, 5.41) is 25.5. The second kappa shape index (κ2) is 9.03. The Morgan fingerprint density at radius 3 is 2.47 bits per heavy atom. The highest BCUT2D eigenvalue weighted by molar-refractivity contribution is 7.14. The molecule has 1 saturated heterocycles. The van der Waals surface area contributed by atoms with E-state index in [0.29, 0.717) is 0 Å². The number of aliphatic hydroxyl groups excluding tert-OH is 2. The highest BCUT2D eigenvalue weighted by Gasteiger charge is 2.37. The number of benzene rings is 1. The number of hydrogen-bond donors (Lipinski definition) is 4. The summed E-state index contributed by atoms with van der Waals surface area (Å²) in [6.07, 6.45) is 3.38. The van der Waals surface area contributed by atoms with Crippen LogP contribution in [0.2, 0.25) is 0 Å². The Bertz CT molecular complexity index is 934. The number of rotatable bonds is 6. The van der Waals surface area contributed by atoms with Crippen molar-refractivity contribution in [3.63, 3.8) is 0 Å². The molecule has 0 spiro atoms. The van der Waals surface area contributed by atoms with Gasteiger partial charge in [-0.25, -0.2) is 4.98 Å². The molecule has 2 aromatic rings. The second-order valence-corrected chi connectivity index (χ2v) is 11.6. The monoisotopic (exact) mass is 458 g/mol. The fourth-order valence-electron chi connectivity index (χ4n) is 4.99. The van der Waals surface area contributed by atoms with Gasteiger partial charge in [-0.3, -0.25) is 5.32 Å². The van der Waals surface area contributed by atoms with Gasteiger partial charge in [0.2, 0.25) is 0 Å². The van der Waals surface area contributed by atoms with Gasteiger partial charge in [-0.05, 0) is 53.7 Å². The van der Waals surface area contributed by atoms with Gasteiger partial charge in [-0.1, -0.05) is 39.8 Å². The molecule has 7 heteroatoms. The molecule has 5 N–H and O–H groups in total. The molecule has 0 radical (unpaired) electrons. The topological polar surface area (TPSA) is 94.6 Å². The maximum absolute atomic E-state index is 10.0. The molecule has 176 valence electrons. The molecule has 32 heavy (non-hydrogen) atoms. The molecule has 0 bridgehead atoms. The molecule has 1 aliphatic carbocycles. The van der Waals surface area contributed by atoms with Crippen molar-refractivity contribution in [3.05, 3.63) is 34.7 Å². The lowest BCUT2D eigenvalue weighted by atomic mass is 9.63. The molecule has 1 aliphatic heterocycles. The number of nitrogens with one attached hydrogen (secondary N) is 1. The van der Waals surface area contributed by atoms with Gasteiger partial charge in [-0.15, -0.1) is 11.3 Å². The van der Waals surface area contributed by atoms with Crippen molar-refractivity contribution in [2.45, 2.75) is 82.5 Å². The predicted molar refractivity (Wildman–Crippen MR) is 132 cm³/mol. The summed E-state index contributed by atoms with van der Waals surface area (Å²) in [5.74, 6) is 0. The molecule has 4 rings (SSSR count). The van der Waals surface area contributed by atoms with E-state index in [1.807, 2.05) is 0 Å². The van der Waals surface area contributed by atoms with Gasteiger partial charge >= 0.3 is 0 Å². The molecule has 6 nitrogen and oxygen atoms in total. The summed E-state index contributed by atoms with van der Waals surface area (Å²) in [4.78, 5) is 7.32. The van der Waals surface area contributed by atoms with E-state index < -0.39 is 12.3 Å². The fourth-order valence-corrected chi connectivity index (χ4v) is 5.88. The molecule has 2 unspecified atom stereocenters. The van der Waals surface area contributed by atoms with Crippen molar-refractivity contribution in [2.24, 2.45) is 5.73 Å². The first-order valence-corrected chi connectivity index (χ1v) is 12.6. The van der Waals surface area contributed by atoms with E-state index in [1.165, 1.54) is 29.5 Å². The summed E-state index contributed by atoms with van der Waals surface area (Å²) in [6, 6.07) is 6.48. The zero-order chi connectivity index (χ0) is 23.1. The van der Waals surface area contributed by atoms with E-state index in [0.717, 1.165) is 36.8 Å². The van der Waals surface area contributed by atoms with Gasteiger partial charge in [-0.2, -0.15) is 0 Å². The summed E-state index contributed by atoms with van der Waals surface area (Å²) in [6.45, 7) is 11.0. The van der Waals surface area contributed by atoms with E-state index in [1.54, 1.807) is 11.3 Å². The first-order chi connectivity index (χ1) is 15.1. The number of aliphatic hydroxyl groups is 2. The van der Waals surface area contributed by atoms with Gasteiger partial charge in [0.25, 0.3) is 0 Å². The van der Waals surface area contributed by atoms with Crippen LogP contribution in [0.25, 0.3) is 11.3 Å². The number of hydrogen-bond acceptors (Lipinski definition) is 7. The van der Waals surface area contributed by atoms with Gasteiger partial charge in [0.15, 0.2) is 5.13 Å². The Morgan fingerprint density at radius 2 is 1.81 bits per heavy atom. The molecule has 2 atom stereocenters. The largest absolute Gasteiger partial charge is 0.395 e. The Hall–Kier alpha value is -1.51. The minimum atomic E-state index is -0.874. The zero-order valence-corrected chi connectivity index (χ0v) is 20.6. The van der Waals surface area contributed by atoms with Gasteiger partial charge in [0.1, 0.15) is 6.23 Å². The third kappa shape index (κ3) is 4.73. The van der Waals surface area contributed by atoms with Crippen molar-refractivity contribution >= 4 is 16.5 Å². The molecule has 1 fully saturated rings. The first-order valence-electron chi connectivity index (χ1n) is 11.8. The van der Waals surface area contributed by atoms with Crippen molar-refractivity contribution in [3.8, 4) is 11.3 Å². The predicted octanol–water partition coefficient (Wildman–Crippen LogP) is 3.36. The number of nitrogens with zero attached hydrogens (tertiary/aromatic N) is 2. The molecule has 0 saturated carbocycles. The molecular formula is C25H38N4O2S. The lowest BCUT2D eigenvalue weighted by Gasteiger charge is -2.42. The van der Waals surface area contributed by atoms with Crippen LogP contribution >= 0.6 is 11.3 Å². The first kappa shape index (κ1) is 23.6. The van der Waals surface area contributed by atoms with Crippen LogP contribution in [0, 0.1) is 0 Å². The van der Waals surface area contributed by atoms with Crippen molar-refractivity contribution in [1.82, 2.24) is 10.3 Å². The van der Waals surface area contributed by atoms with Crippen LogP contribution in [0.1, 0.15) is 64.5 Å². The summed E-state index contributed by atoms with van der Waals surface area (Å²) < 4.78 is 0. The van der Waals surface area contributed by atoms with Crippen LogP contribution in [-0.4, -0.2) is 53.2 Å². The van der Waals surface area contributed by atoms with Crippen LogP contribution < -0.4 is 16.0 Å². The van der Waals surface area contributed by atoms with Crippen LogP contribution in [-0.2, 0) is 10.8 Å². The second-order valence-electron chi connectivity index (χ2n) is 10.8. The maximum atomic E-state index is 10.0. The number of piperidine rings is 1. The lowest BCUT2D eigenvalue weighted by molar-refractivity contribution is 0.0664. The third-order valence-corrected chi connectivity index (χ3v) is 8.33. The van der Waals surface area contributed by atoms with E-state index in [9.17, 15) is 5.11 Å². The highest BCUT2D eigenvalue weighted by Crippen LogP contribution is 2.47. The van der Waals surface area contributed by atoms with E-state index in [4.69, 9.17) is 15.8 Å². The Balaban J connectivity index is 1.45. The fraction of sp³-hybridized carbons (Fsp3) is 0.640. The van der Waals surface area contributed by atoms with Crippen molar-refractivity contribution in [2.75, 3.05) is 24.6 Å². The third-order valence-electron chi connectivity index (χ3n) is 7.43. The Labute approximate surface area is 195 Å². The summed E-state index contributed by atoms with van der Waals surface area (Å²) in [7, 11) is 0. The zero-order valence-electron chi connectivity index (χ0n) is 19.8. The smallest absolute Gasteiger partial charge is 0.185 e. The number of thiazole rings is 1. The Morgan fingerprint density at radius 1 is 1.16 bits per heavy atom. The maximum Gasteiger partial charge on any atom is 0.185 e. The summed E-state index contributed by atoms with van der Waals surface area (Å²) >= 11 is 1.70. The normalized spacial score (nSPS) is 22.4. The molecule has 2 heterocycles. The van der Waals surface area contributed by atoms with E-state index in [-0.39, 0.29) is 23.5 Å². The van der Waals surface area contributed by atoms with Crippen molar-refractivity contribution < 1.29 is 10.2 Å². The molecular weight excluding hydrogens is 420 g/mol. The SMILES string of the molecule is CC1(C)CCC(C)(C)c2cc(-c3csc(N4CCC(NC(O)C(N)CO)CC4)n3)ccc21. The van der Waals surface area contributed by atoms with Gasteiger partial charge in [0, 0.05) is 30.1 Å². The van der Waals surface area contributed by atoms with Gasteiger partial charge in [0.05, 0.1) is 18.3 Å². The number of fused-ring (bicyclic) bond motifs is 1. The van der Waals surface area contributed by atoms with Gasteiger partial charge < -0.3 is 20.8 Å². The van der Waals surface area contributed by atoms with Crippen LogP contribution in [0.5, 0.6) is 0 Å². The number of nitrogens with two attached hydrogens (primary N) is 1. The standard InChI is InChI=1S/C25H38N4O2S/c1-24(2)9-10-25(3,4)19-13-16(5-6-18(19)24)21-15-32-23(28-21)29-11-7-17(8-12-29)27-22(31)20(26)14-30/h5-6,13,15,17,20,22,27,30-31H,7-12,14,26H2,1-4H3. The summed E-state index contributed by atoms with van der Waals surface area (Å²) in [5.41, 5.74) is 11.3. The van der Waals surface area contributed by atoms with E-state index in [2.05, 4.69) is 61.5 Å². The molecule has 2 aliphatic rings. The highest BCUT2D eigenvalue weighted by atomic mass is 32.1. The van der Waals surface area contributed by atoms with Crippen LogP contribution in [0.4, 0.5) is 5.13 Å². The molecule has 1 aromatic heterocycles. The Kier molecular flexibility index (Phi) is 6.67. The minimum absolute atomic E-state index is 0.192. The van der Waals surface area contributed by atoms with Crippen LogP contribution in [0.15, 0.2) is 23.6 Å². The van der Waals surface area contributed by atoms with E-state index >= 15 is 0 Å². The molecule has 0 amide bonds. The minimum Gasteiger partial charge on any atom is -0.395 e. The number of anilines is 1. The molecule has 1 aromatic carbocycles.